The number of hydrogen-bond acceptors (Lipinski definition) is 3. The molecular weight excluding hydrogens is 522 g/mol. The Balaban J connectivity index is 1.58. The van der Waals surface area contributed by atoms with Gasteiger partial charge in [0, 0.05) is 16.1 Å². The lowest BCUT2D eigenvalue weighted by Crippen LogP contribution is -2.29. The lowest BCUT2D eigenvalue weighted by Gasteiger charge is -2.19. The Bertz CT molecular complexity index is 1710. The number of benzene rings is 4. The van der Waals surface area contributed by atoms with E-state index in [2.05, 4.69) is 27.6 Å². The molecule has 40 heavy (non-hydrogen) atoms. The van der Waals surface area contributed by atoms with E-state index >= 15 is 0 Å². The molecule has 1 aromatic heterocycles. The second-order valence-electron chi connectivity index (χ2n) is 9.33. The third-order valence-electron chi connectivity index (χ3n) is 6.68. The molecule has 0 saturated heterocycles. The third-order valence-corrected chi connectivity index (χ3v) is 6.92. The van der Waals surface area contributed by atoms with Gasteiger partial charge in [0.05, 0.1) is 22.6 Å². The number of halogens is 1. The Labute approximate surface area is 237 Å². The number of para-hydroxylation sites is 2. The summed E-state index contributed by atoms with van der Waals surface area (Å²) in [7, 11) is 0. The van der Waals surface area contributed by atoms with E-state index in [9.17, 15) is 9.59 Å². The summed E-state index contributed by atoms with van der Waals surface area (Å²) in [6, 6.07) is 27.5. The van der Waals surface area contributed by atoms with Crippen molar-refractivity contribution in [3.8, 4) is 22.5 Å². The zero-order valence-electron chi connectivity index (χ0n) is 21.7. The first-order valence-corrected chi connectivity index (χ1v) is 13.3. The van der Waals surface area contributed by atoms with Gasteiger partial charge in [-0.15, -0.1) is 0 Å². The summed E-state index contributed by atoms with van der Waals surface area (Å²) in [5.41, 5.74) is 7.23. The molecular formula is C32H26ClN5O2. The minimum atomic E-state index is -0.622. The van der Waals surface area contributed by atoms with E-state index in [1.54, 1.807) is 24.3 Å². The smallest absolute Gasteiger partial charge is 0.319 e. The summed E-state index contributed by atoms with van der Waals surface area (Å²) in [5, 5.41) is 3.57. The van der Waals surface area contributed by atoms with Gasteiger partial charge in [0.25, 0.3) is 5.91 Å². The number of nitrogens with zero attached hydrogens (tertiary/aromatic N) is 2. The normalized spacial score (nSPS) is 11.5. The predicted octanol–water partition coefficient (Wildman–Crippen LogP) is 7.39. The molecule has 0 spiro atoms. The van der Waals surface area contributed by atoms with E-state index < -0.39 is 5.91 Å². The SMILES string of the molecule is [C-]#[N+]NC(=O)c1cc(C(=O)N[C@H](CCC)c2ccccc2)ccc1-c1cc(Cl)ccc1-c1nc2ccccc2[nH]1. The van der Waals surface area contributed by atoms with Gasteiger partial charge >= 0.3 is 5.91 Å². The highest BCUT2D eigenvalue weighted by Gasteiger charge is 2.22. The molecule has 3 N–H and O–H groups in total. The topological polar surface area (TPSA) is 91.2 Å². The van der Waals surface area contributed by atoms with Crippen molar-refractivity contribution in [2.24, 2.45) is 0 Å². The Hall–Kier alpha value is -4.93. The van der Waals surface area contributed by atoms with Crippen molar-refractivity contribution in [1.82, 2.24) is 20.7 Å². The van der Waals surface area contributed by atoms with Crippen LogP contribution in [0.25, 0.3) is 38.5 Å². The first-order chi connectivity index (χ1) is 19.5. The van der Waals surface area contributed by atoms with Crippen LogP contribution >= 0.6 is 11.6 Å². The third kappa shape index (κ3) is 5.58. The summed E-state index contributed by atoms with van der Waals surface area (Å²) in [4.78, 5) is 37.6. The Morgan fingerprint density at radius 2 is 1.68 bits per heavy atom. The van der Waals surface area contributed by atoms with Crippen LogP contribution in [0.1, 0.15) is 52.1 Å². The van der Waals surface area contributed by atoms with Gasteiger partial charge in [0.15, 0.2) is 0 Å². The fourth-order valence-electron chi connectivity index (χ4n) is 4.78. The summed E-state index contributed by atoms with van der Waals surface area (Å²) >= 11 is 6.41. The van der Waals surface area contributed by atoms with Crippen LogP contribution in [-0.4, -0.2) is 21.8 Å². The maximum atomic E-state index is 13.4. The van der Waals surface area contributed by atoms with E-state index in [4.69, 9.17) is 23.2 Å². The average molecular weight is 548 g/mol. The first kappa shape index (κ1) is 26.7. The number of aromatic nitrogens is 2. The van der Waals surface area contributed by atoms with Crippen LogP contribution in [0.15, 0.2) is 91.0 Å². The molecule has 0 bridgehead atoms. The number of carbonyl (C=O) groups is 2. The van der Waals surface area contributed by atoms with Gasteiger partial charge in [-0.05, 0) is 71.0 Å². The number of amides is 2. The highest BCUT2D eigenvalue weighted by atomic mass is 35.5. The molecule has 198 valence electrons. The fraction of sp³-hybridized carbons (Fsp3) is 0.125. The number of nitrogens with one attached hydrogen (secondary N) is 3. The van der Waals surface area contributed by atoms with Crippen molar-refractivity contribution in [2.45, 2.75) is 25.8 Å². The number of fused-ring (bicyclic) bond motifs is 1. The molecule has 7 nitrogen and oxygen atoms in total. The van der Waals surface area contributed by atoms with Gasteiger partial charge in [0.1, 0.15) is 5.82 Å². The largest absolute Gasteiger partial charge is 0.345 e. The zero-order chi connectivity index (χ0) is 28.1. The molecule has 0 unspecified atom stereocenters. The summed E-state index contributed by atoms with van der Waals surface area (Å²) in [6.45, 7) is 9.24. The van der Waals surface area contributed by atoms with Crippen molar-refractivity contribution in [1.29, 1.82) is 0 Å². The molecule has 4 aromatic carbocycles. The Kier molecular flexibility index (Phi) is 7.90. The predicted molar refractivity (Wildman–Crippen MR) is 158 cm³/mol. The molecule has 8 heteroatoms. The van der Waals surface area contributed by atoms with Crippen LogP contribution in [0, 0.1) is 6.57 Å². The molecule has 5 rings (SSSR count). The maximum Gasteiger partial charge on any atom is 0.319 e. The highest BCUT2D eigenvalue weighted by molar-refractivity contribution is 6.31. The van der Waals surface area contributed by atoms with Crippen LogP contribution < -0.4 is 10.7 Å². The molecule has 0 aliphatic rings. The van der Waals surface area contributed by atoms with Gasteiger partial charge in [-0.3, -0.25) is 9.59 Å². The Morgan fingerprint density at radius 3 is 2.42 bits per heavy atom. The Morgan fingerprint density at radius 1 is 0.925 bits per heavy atom. The molecule has 1 atom stereocenters. The lowest BCUT2D eigenvalue weighted by atomic mass is 9.92. The van der Waals surface area contributed by atoms with Crippen LogP contribution in [-0.2, 0) is 0 Å². The number of carbonyl (C=O) groups excluding carboxylic acids is 2. The van der Waals surface area contributed by atoms with Crippen molar-refractivity contribution in [3.05, 3.63) is 124 Å². The second-order valence-corrected chi connectivity index (χ2v) is 9.77. The second kappa shape index (κ2) is 11.9. The molecule has 5 aromatic rings. The summed E-state index contributed by atoms with van der Waals surface area (Å²) in [5.74, 6) is -0.325. The van der Waals surface area contributed by atoms with Gasteiger partial charge < -0.3 is 10.3 Å². The van der Waals surface area contributed by atoms with Crippen molar-refractivity contribution >= 4 is 34.4 Å². The van der Waals surface area contributed by atoms with Crippen molar-refractivity contribution < 1.29 is 9.59 Å². The van der Waals surface area contributed by atoms with Gasteiger partial charge in [-0.2, -0.15) is 11.5 Å². The average Bonchev–Trinajstić information content (AvgIpc) is 3.41. The molecule has 1 heterocycles. The summed E-state index contributed by atoms with van der Waals surface area (Å²) in [6.07, 6.45) is 1.65. The molecule has 0 saturated carbocycles. The van der Waals surface area contributed by atoms with E-state index in [1.165, 1.54) is 6.07 Å². The number of hydrogen-bond donors (Lipinski definition) is 3. The van der Waals surface area contributed by atoms with Crippen molar-refractivity contribution in [2.75, 3.05) is 0 Å². The van der Waals surface area contributed by atoms with Gasteiger partial charge in [-0.25, -0.2) is 4.98 Å². The van der Waals surface area contributed by atoms with E-state index in [-0.39, 0.29) is 17.5 Å². The van der Waals surface area contributed by atoms with Crippen LogP contribution in [0.4, 0.5) is 0 Å². The number of rotatable bonds is 8. The van der Waals surface area contributed by atoms with Crippen LogP contribution in [0.2, 0.25) is 5.02 Å². The molecule has 0 fully saturated rings. The quantitative estimate of drug-likeness (QED) is 0.140. The lowest BCUT2D eigenvalue weighted by molar-refractivity contribution is 0.0934. The van der Waals surface area contributed by atoms with Crippen LogP contribution in [0.3, 0.4) is 0 Å². The molecule has 0 radical (unpaired) electrons. The molecule has 2 amide bonds. The number of H-pyrrole nitrogens is 1. The highest BCUT2D eigenvalue weighted by Crippen LogP contribution is 2.36. The van der Waals surface area contributed by atoms with E-state index in [0.717, 1.165) is 35.0 Å². The van der Waals surface area contributed by atoms with Crippen LogP contribution in [0.5, 0.6) is 0 Å². The van der Waals surface area contributed by atoms with Gasteiger partial charge in [0.2, 0.25) is 0 Å². The van der Waals surface area contributed by atoms with Gasteiger partial charge in [-0.1, -0.05) is 73.5 Å². The van der Waals surface area contributed by atoms with E-state index in [1.807, 2.05) is 60.7 Å². The molecule has 0 aliphatic heterocycles. The maximum absolute atomic E-state index is 13.4. The van der Waals surface area contributed by atoms with E-state index in [0.29, 0.717) is 27.5 Å². The minimum Gasteiger partial charge on any atom is -0.345 e. The monoisotopic (exact) mass is 547 g/mol. The number of aromatic amines is 1. The number of imidazole rings is 1. The summed E-state index contributed by atoms with van der Waals surface area (Å²) < 4.78 is 0. The minimum absolute atomic E-state index is 0.175. The zero-order valence-corrected chi connectivity index (χ0v) is 22.5. The fourth-order valence-corrected chi connectivity index (χ4v) is 4.96. The first-order valence-electron chi connectivity index (χ1n) is 12.9. The molecule has 0 aliphatic carbocycles. The standard InChI is InChI=1S/C32H26ClN5O2/c1-3-9-27(20-10-5-4-6-11-20)37-31(39)21-14-16-23(26(18-21)32(40)38-34-2)25-19-22(33)15-17-24(25)30-35-28-12-7-8-13-29(28)36-30/h4-8,10-19,27H,3,9H2,1H3,(H,35,36)(H,37,39)(H,38,40)/t27-/m1/s1. The van der Waals surface area contributed by atoms with Crippen molar-refractivity contribution in [3.63, 3.8) is 0 Å².